The lowest BCUT2D eigenvalue weighted by Gasteiger charge is -2.18. The molecule has 5 heteroatoms. The molecular formula is C21H20O4S. The van der Waals surface area contributed by atoms with E-state index < -0.39 is 5.60 Å². The van der Waals surface area contributed by atoms with Gasteiger partial charge in [0.05, 0.1) is 12.7 Å². The summed E-state index contributed by atoms with van der Waals surface area (Å²) in [6.07, 6.45) is 0. The Labute approximate surface area is 156 Å². The Bertz CT molecular complexity index is 962. The number of methoxy groups -OCH3 is 1. The van der Waals surface area contributed by atoms with Gasteiger partial charge in [0.1, 0.15) is 10.5 Å². The highest BCUT2D eigenvalue weighted by molar-refractivity contribution is 7.20. The van der Waals surface area contributed by atoms with Gasteiger partial charge in [-0.3, -0.25) is 0 Å². The molecule has 0 saturated carbocycles. The minimum absolute atomic E-state index is 0.303. The lowest BCUT2D eigenvalue weighted by atomic mass is 10.0. The van der Waals surface area contributed by atoms with E-state index in [9.17, 15) is 9.59 Å². The van der Waals surface area contributed by atoms with Gasteiger partial charge in [0, 0.05) is 4.70 Å². The zero-order chi connectivity index (χ0) is 18.9. The summed E-state index contributed by atoms with van der Waals surface area (Å²) in [5.41, 5.74) is 2.01. The average molecular weight is 368 g/mol. The highest BCUT2D eigenvalue weighted by Gasteiger charge is 2.19. The van der Waals surface area contributed by atoms with Gasteiger partial charge < -0.3 is 9.47 Å². The first-order valence-electron chi connectivity index (χ1n) is 8.22. The number of rotatable bonds is 3. The number of hydrogen-bond acceptors (Lipinski definition) is 5. The molecule has 0 radical (unpaired) electrons. The monoisotopic (exact) mass is 368 g/mol. The predicted octanol–water partition coefficient (Wildman–Crippen LogP) is 5.31. The lowest BCUT2D eigenvalue weighted by Crippen LogP contribution is -2.23. The van der Waals surface area contributed by atoms with Gasteiger partial charge in [-0.05, 0) is 67.6 Å². The molecule has 0 unspecified atom stereocenters. The van der Waals surface area contributed by atoms with Crippen molar-refractivity contribution in [3.05, 3.63) is 59.0 Å². The third-order valence-electron chi connectivity index (χ3n) is 3.76. The van der Waals surface area contributed by atoms with Crippen molar-refractivity contribution in [1.82, 2.24) is 0 Å². The summed E-state index contributed by atoms with van der Waals surface area (Å²) in [5.74, 6) is -0.658. The van der Waals surface area contributed by atoms with Crippen molar-refractivity contribution in [2.24, 2.45) is 0 Å². The normalized spacial score (nSPS) is 11.4. The first-order valence-corrected chi connectivity index (χ1v) is 9.04. The minimum Gasteiger partial charge on any atom is -0.465 e. The van der Waals surface area contributed by atoms with Crippen LogP contribution < -0.4 is 0 Å². The van der Waals surface area contributed by atoms with Crippen molar-refractivity contribution >= 4 is 33.4 Å². The minimum atomic E-state index is -0.514. The Kier molecular flexibility index (Phi) is 4.83. The molecule has 0 aliphatic heterocycles. The van der Waals surface area contributed by atoms with Gasteiger partial charge in [-0.2, -0.15) is 0 Å². The molecule has 134 valence electrons. The lowest BCUT2D eigenvalue weighted by molar-refractivity contribution is 0.00751. The van der Waals surface area contributed by atoms with Crippen LogP contribution in [0.25, 0.3) is 21.2 Å². The van der Waals surface area contributed by atoms with Crippen LogP contribution in [0, 0.1) is 0 Å². The van der Waals surface area contributed by atoms with Gasteiger partial charge in [-0.15, -0.1) is 11.3 Å². The number of fused-ring (bicyclic) bond motifs is 1. The standard InChI is InChI=1S/C21H20O4S/c1-21(2,3)25-20(23)18-12-16-11-15(9-10-17(16)26-18)13-5-7-14(8-6-13)19(22)24-4/h5-12H,1-4H3. The van der Waals surface area contributed by atoms with Crippen LogP contribution >= 0.6 is 11.3 Å². The van der Waals surface area contributed by atoms with Crippen molar-refractivity contribution in [1.29, 1.82) is 0 Å². The van der Waals surface area contributed by atoms with Crippen LogP contribution in [0.2, 0.25) is 0 Å². The average Bonchev–Trinajstić information content (AvgIpc) is 3.03. The van der Waals surface area contributed by atoms with E-state index in [-0.39, 0.29) is 11.9 Å². The zero-order valence-corrected chi connectivity index (χ0v) is 16.0. The largest absolute Gasteiger partial charge is 0.465 e. The third-order valence-corrected chi connectivity index (χ3v) is 4.85. The molecule has 3 aromatic rings. The van der Waals surface area contributed by atoms with Crippen LogP contribution in [-0.4, -0.2) is 24.6 Å². The molecule has 2 aromatic carbocycles. The van der Waals surface area contributed by atoms with E-state index in [1.807, 2.05) is 57.2 Å². The molecule has 0 saturated heterocycles. The van der Waals surface area contributed by atoms with E-state index in [1.165, 1.54) is 18.4 Å². The van der Waals surface area contributed by atoms with Crippen molar-refractivity contribution in [3.8, 4) is 11.1 Å². The summed E-state index contributed by atoms with van der Waals surface area (Å²) in [5, 5.41) is 0.991. The molecule has 1 heterocycles. The number of ether oxygens (including phenoxy) is 2. The molecule has 26 heavy (non-hydrogen) atoms. The van der Waals surface area contributed by atoms with Crippen LogP contribution in [0.1, 0.15) is 40.8 Å². The molecule has 0 N–H and O–H groups in total. The van der Waals surface area contributed by atoms with Crippen LogP contribution in [-0.2, 0) is 9.47 Å². The second-order valence-corrected chi connectivity index (χ2v) is 8.02. The summed E-state index contributed by atoms with van der Waals surface area (Å²) < 4.78 is 11.2. The Morgan fingerprint density at radius 2 is 1.54 bits per heavy atom. The second-order valence-electron chi connectivity index (χ2n) is 6.93. The van der Waals surface area contributed by atoms with Crippen molar-refractivity contribution in [2.45, 2.75) is 26.4 Å². The predicted molar refractivity (Wildman–Crippen MR) is 104 cm³/mol. The van der Waals surface area contributed by atoms with Crippen LogP contribution in [0.15, 0.2) is 48.5 Å². The second kappa shape index (κ2) is 6.92. The van der Waals surface area contributed by atoms with Crippen molar-refractivity contribution in [2.75, 3.05) is 7.11 Å². The van der Waals surface area contributed by atoms with Crippen molar-refractivity contribution < 1.29 is 19.1 Å². The molecule has 0 atom stereocenters. The molecule has 1 aromatic heterocycles. The molecule has 0 bridgehead atoms. The molecule has 0 spiro atoms. The topological polar surface area (TPSA) is 52.6 Å². The summed E-state index contributed by atoms with van der Waals surface area (Å²) in [6, 6.07) is 15.1. The molecule has 0 amide bonds. The molecule has 3 rings (SSSR count). The maximum atomic E-state index is 12.3. The fourth-order valence-electron chi connectivity index (χ4n) is 2.57. The number of carbonyl (C=O) groups is 2. The molecule has 0 fully saturated rings. The highest BCUT2D eigenvalue weighted by Crippen LogP contribution is 2.31. The van der Waals surface area contributed by atoms with E-state index in [0.29, 0.717) is 10.4 Å². The maximum absolute atomic E-state index is 12.3. The summed E-state index contributed by atoms with van der Waals surface area (Å²) in [6.45, 7) is 5.57. The number of thiophene rings is 1. The number of hydrogen-bond donors (Lipinski definition) is 0. The number of carbonyl (C=O) groups excluding carboxylic acids is 2. The first kappa shape index (κ1) is 18.1. The fraction of sp³-hybridized carbons (Fsp3) is 0.238. The molecule has 4 nitrogen and oxygen atoms in total. The van der Waals surface area contributed by atoms with E-state index in [1.54, 1.807) is 12.1 Å². The molecular weight excluding hydrogens is 348 g/mol. The Morgan fingerprint density at radius 1 is 0.885 bits per heavy atom. The van der Waals surface area contributed by atoms with Gasteiger partial charge in [-0.1, -0.05) is 18.2 Å². The quantitative estimate of drug-likeness (QED) is 0.588. The Morgan fingerprint density at radius 3 is 2.15 bits per heavy atom. The van der Waals surface area contributed by atoms with Crippen molar-refractivity contribution in [3.63, 3.8) is 0 Å². The van der Waals surface area contributed by atoms with Crippen LogP contribution in [0.4, 0.5) is 0 Å². The van der Waals surface area contributed by atoms with Gasteiger partial charge in [-0.25, -0.2) is 9.59 Å². The van der Waals surface area contributed by atoms with Gasteiger partial charge in [0.2, 0.25) is 0 Å². The van der Waals surface area contributed by atoms with E-state index >= 15 is 0 Å². The SMILES string of the molecule is COC(=O)c1ccc(-c2ccc3sc(C(=O)OC(C)(C)C)cc3c2)cc1. The highest BCUT2D eigenvalue weighted by atomic mass is 32.1. The summed E-state index contributed by atoms with van der Waals surface area (Å²) in [4.78, 5) is 24.4. The number of esters is 2. The van der Waals surface area contributed by atoms with Crippen LogP contribution in [0.5, 0.6) is 0 Å². The molecule has 0 aliphatic carbocycles. The Balaban J connectivity index is 1.90. The van der Waals surface area contributed by atoms with E-state index in [0.717, 1.165) is 21.2 Å². The zero-order valence-electron chi connectivity index (χ0n) is 15.2. The van der Waals surface area contributed by atoms with Gasteiger partial charge in [0.15, 0.2) is 0 Å². The number of benzene rings is 2. The summed E-state index contributed by atoms with van der Waals surface area (Å²) in [7, 11) is 1.36. The van der Waals surface area contributed by atoms with Crippen LogP contribution in [0.3, 0.4) is 0 Å². The smallest absolute Gasteiger partial charge is 0.348 e. The summed E-state index contributed by atoms with van der Waals surface area (Å²) >= 11 is 1.42. The third kappa shape index (κ3) is 3.94. The molecule has 0 aliphatic rings. The van der Waals surface area contributed by atoms with Gasteiger partial charge in [0.25, 0.3) is 0 Å². The first-order chi connectivity index (χ1) is 12.3. The van der Waals surface area contributed by atoms with Gasteiger partial charge >= 0.3 is 11.9 Å². The fourth-order valence-corrected chi connectivity index (χ4v) is 3.49. The Hall–Kier alpha value is -2.66. The maximum Gasteiger partial charge on any atom is 0.348 e. The van der Waals surface area contributed by atoms with E-state index in [2.05, 4.69) is 0 Å². The van der Waals surface area contributed by atoms with E-state index in [4.69, 9.17) is 9.47 Å².